The van der Waals surface area contributed by atoms with Crippen molar-refractivity contribution in [2.75, 3.05) is 5.32 Å². The van der Waals surface area contributed by atoms with E-state index in [1.165, 1.54) is 0 Å². The van der Waals surface area contributed by atoms with Gasteiger partial charge in [0.1, 0.15) is 4.99 Å². The van der Waals surface area contributed by atoms with Gasteiger partial charge in [0.05, 0.1) is 12.1 Å². The fourth-order valence-corrected chi connectivity index (χ4v) is 2.35. The molecule has 102 valence electrons. The fraction of sp³-hybridized carbons (Fsp3) is 0.0667. The number of benzene rings is 2. The van der Waals surface area contributed by atoms with Gasteiger partial charge >= 0.3 is 0 Å². The zero-order chi connectivity index (χ0) is 14.5. The van der Waals surface area contributed by atoms with E-state index in [4.69, 9.17) is 18.0 Å². The molecule has 0 aliphatic heterocycles. The van der Waals surface area contributed by atoms with Crippen molar-refractivity contribution in [1.82, 2.24) is 0 Å². The third kappa shape index (κ3) is 3.88. The Kier molecular flexibility index (Phi) is 4.87. The van der Waals surface area contributed by atoms with Crippen LogP contribution >= 0.6 is 28.1 Å². The van der Waals surface area contributed by atoms with Crippen molar-refractivity contribution in [3.63, 3.8) is 0 Å². The van der Waals surface area contributed by atoms with E-state index in [1.54, 1.807) is 18.2 Å². The first kappa shape index (κ1) is 14.7. The van der Waals surface area contributed by atoms with E-state index in [2.05, 4.69) is 21.2 Å². The molecule has 0 fully saturated rings. The van der Waals surface area contributed by atoms with Crippen LogP contribution in [-0.4, -0.2) is 10.9 Å². The summed E-state index contributed by atoms with van der Waals surface area (Å²) >= 11 is 8.31. The minimum Gasteiger partial charge on any atom is -0.389 e. The summed E-state index contributed by atoms with van der Waals surface area (Å²) in [6.07, 6.45) is 0.338. The Hall–Kier alpha value is -1.72. The van der Waals surface area contributed by atoms with Gasteiger partial charge < -0.3 is 11.1 Å². The second-order valence-electron chi connectivity index (χ2n) is 4.27. The predicted molar refractivity (Wildman–Crippen MR) is 88.8 cm³/mol. The highest BCUT2D eigenvalue weighted by molar-refractivity contribution is 9.10. The van der Waals surface area contributed by atoms with Crippen molar-refractivity contribution in [3.05, 3.63) is 64.1 Å². The number of rotatable bonds is 4. The van der Waals surface area contributed by atoms with Crippen molar-refractivity contribution < 1.29 is 4.79 Å². The van der Waals surface area contributed by atoms with Crippen LogP contribution in [0.3, 0.4) is 0 Å². The number of hydrogen-bond acceptors (Lipinski definition) is 2. The second kappa shape index (κ2) is 6.63. The average Bonchev–Trinajstić information content (AvgIpc) is 2.42. The lowest BCUT2D eigenvalue weighted by Gasteiger charge is -2.09. The molecule has 2 aromatic carbocycles. The SMILES string of the molecule is NC(=S)c1ccc(NC(=O)Cc2ccccc2)c(Br)c1. The summed E-state index contributed by atoms with van der Waals surface area (Å²) in [7, 11) is 0. The lowest BCUT2D eigenvalue weighted by Crippen LogP contribution is -2.15. The van der Waals surface area contributed by atoms with Crippen molar-refractivity contribution >= 4 is 44.7 Å². The maximum atomic E-state index is 12.0. The van der Waals surface area contributed by atoms with Gasteiger partial charge in [-0.2, -0.15) is 0 Å². The third-order valence-electron chi connectivity index (χ3n) is 2.74. The molecule has 0 aliphatic rings. The van der Waals surface area contributed by atoms with Gasteiger partial charge in [-0.15, -0.1) is 0 Å². The Morgan fingerprint density at radius 2 is 1.90 bits per heavy atom. The molecule has 0 heterocycles. The molecule has 1 amide bonds. The Balaban J connectivity index is 2.06. The summed E-state index contributed by atoms with van der Waals surface area (Å²) in [6.45, 7) is 0. The van der Waals surface area contributed by atoms with E-state index >= 15 is 0 Å². The smallest absolute Gasteiger partial charge is 0.228 e. The largest absolute Gasteiger partial charge is 0.389 e. The van der Waals surface area contributed by atoms with Gasteiger partial charge in [-0.3, -0.25) is 4.79 Å². The van der Waals surface area contributed by atoms with Crippen molar-refractivity contribution in [3.8, 4) is 0 Å². The maximum absolute atomic E-state index is 12.0. The number of thiocarbonyl (C=S) groups is 1. The zero-order valence-electron chi connectivity index (χ0n) is 10.6. The first-order chi connectivity index (χ1) is 9.56. The normalized spacial score (nSPS) is 10.1. The molecular weight excluding hydrogens is 336 g/mol. The molecule has 0 saturated heterocycles. The zero-order valence-corrected chi connectivity index (χ0v) is 13.0. The van der Waals surface area contributed by atoms with Gasteiger partial charge in [0.25, 0.3) is 0 Å². The molecule has 0 unspecified atom stereocenters. The summed E-state index contributed by atoms with van der Waals surface area (Å²) in [5.41, 5.74) is 7.99. The predicted octanol–water partition coefficient (Wildman–Crippen LogP) is 3.26. The van der Waals surface area contributed by atoms with Crippen molar-refractivity contribution in [2.24, 2.45) is 5.73 Å². The summed E-state index contributed by atoms with van der Waals surface area (Å²) in [4.78, 5) is 12.3. The number of nitrogens with two attached hydrogens (primary N) is 1. The minimum atomic E-state index is -0.0695. The Morgan fingerprint density at radius 3 is 2.50 bits per heavy atom. The number of amides is 1. The minimum absolute atomic E-state index is 0.0695. The van der Waals surface area contributed by atoms with Gasteiger partial charge in [-0.25, -0.2) is 0 Å². The quantitative estimate of drug-likeness (QED) is 0.833. The molecule has 0 radical (unpaired) electrons. The van der Waals surface area contributed by atoms with Crippen LogP contribution < -0.4 is 11.1 Å². The molecule has 0 aliphatic carbocycles. The van der Waals surface area contributed by atoms with Gasteiger partial charge in [-0.1, -0.05) is 42.5 Å². The van der Waals surface area contributed by atoms with E-state index in [0.29, 0.717) is 17.1 Å². The monoisotopic (exact) mass is 348 g/mol. The number of anilines is 1. The van der Waals surface area contributed by atoms with Crippen LogP contribution in [0.1, 0.15) is 11.1 Å². The molecule has 20 heavy (non-hydrogen) atoms. The van der Waals surface area contributed by atoms with Crippen LogP contribution in [0.4, 0.5) is 5.69 Å². The van der Waals surface area contributed by atoms with Crippen LogP contribution in [0.2, 0.25) is 0 Å². The highest BCUT2D eigenvalue weighted by atomic mass is 79.9. The number of carbonyl (C=O) groups is 1. The number of halogens is 1. The first-order valence-electron chi connectivity index (χ1n) is 5.99. The Morgan fingerprint density at radius 1 is 1.20 bits per heavy atom. The lowest BCUT2D eigenvalue weighted by atomic mass is 10.1. The van der Waals surface area contributed by atoms with Crippen molar-refractivity contribution in [2.45, 2.75) is 6.42 Å². The molecule has 3 N–H and O–H groups in total. The lowest BCUT2D eigenvalue weighted by molar-refractivity contribution is -0.115. The summed E-state index contributed by atoms with van der Waals surface area (Å²) in [5.74, 6) is -0.0695. The molecule has 5 heteroatoms. The van der Waals surface area contributed by atoms with Crippen LogP contribution in [0, 0.1) is 0 Å². The summed E-state index contributed by atoms with van der Waals surface area (Å²) in [5, 5.41) is 2.85. The van der Waals surface area contributed by atoms with Crippen molar-refractivity contribution in [1.29, 1.82) is 0 Å². The number of hydrogen-bond donors (Lipinski definition) is 2. The molecule has 0 saturated carbocycles. The highest BCUT2D eigenvalue weighted by Crippen LogP contribution is 2.23. The second-order valence-corrected chi connectivity index (χ2v) is 5.56. The number of carbonyl (C=O) groups excluding carboxylic acids is 1. The van der Waals surface area contributed by atoms with Crippen LogP contribution in [-0.2, 0) is 11.2 Å². The Labute approximate surface area is 131 Å². The van der Waals surface area contributed by atoms with Gasteiger partial charge in [0, 0.05) is 10.0 Å². The van der Waals surface area contributed by atoms with Gasteiger partial charge in [0.2, 0.25) is 5.91 Å². The Bertz CT molecular complexity index is 644. The fourth-order valence-electron chi connectivity index (χ4n) is 1.75. The molecule has 0 spiro atoms. The van der Waals surface area contributed by atoms with Crippen LogP contribution in [0.5, 0.6) is 0 Å². The van der Waals surface area contributed by atoms with E-state index in [0.717, 1.165) is 15.6 Å². The molecule has 0 atom stereocenters. The van der Waals surface area contributed by atoms with Gasteiger partial charge in [-0.05, 0) is 39.7 Å². The van der Waals surface area contributed by atoms with E-state index in [1.807, 2.05) is 30.3 Å². The van der Waals surface area contributed by atoms with Gasteiger partial charge in [0.15, 0.2) is 0 Å². The average molecular weight is 349 g/mol. The molecule has 3 nitrogen and oxygen atoms in total. The standard InChI is InChI=1S/C15H13BrN2OS/c16-12-9-11(15(17)20)6-7-13(12)18-14(19)8-10-4-2-1-3-5-10/h1-7,9H,8H2,(H2,17,20)(H,18,19). The molecule has 2 aromatic rings. The highest BCUT2D eigenvalue weighted by Gasteiger charge is 2.08. The third-order valence-corrected chi connectivity index (χ3v) is 3.63. The first-order valence-corrected chi connectivity index (χ1v) is 7.19. The van der Waals surface area contributed by atoms with E-state index in [-0.39, 0.29) is 5.91 Å². The molecule has 0 bridgehead atoms. The summed E-state index contributed by atoms with van der Waals surface area (Å²) in [6, 6.07) is 14.9. The summed E-state index contributed by atoms with van der Waals surface area (Å²) < 4.78 is 0.754. The van der Waals surface area contributed by atoms with Crippen LogP contribution in [0.15, 0.2) is 53.0 Å². The van der Waals surface area contributed by atoms with Crippen LogP contribution in [0.25, 0.3) is 0 Å². The molecule has 0 aromatic heterocycles. The topological polar surface area (TPSA) is 55.1 Å². The molecular formula is C15H13BrN2OS. The maximum Gasteiger partial charge on any atom is 0.228 e. The molecule has 2 rings (SSSR count). The van der Waals surface area contributed by atoms with E-state index < -0.39 is 0 Å². The van der Waals surface area contributed by atoms with E-state index in [9.17, 15) is 4.79 Å². The number of nitrogens with one attached hydrogen (secondary N) is 1.